The molecule has 1 aromatic carbocycles. The van der Waals surface area contributed by atoms with Gasteiger partial charge in [0, 0.05) is 5.56 Å². The SMILES string of the molecule is COC(=O)C(C)Oc1cccc(C)c1[N+](=O)[O-]. The van der Waals surface area contributed by atoms with E-state index in [0.717, 1.165) is 0 Å². The van der Waals surface area contributed by atoms with Crippen molar-refractivity contribution in [3.05, 3.63) is 33.9 Å². The third kappa shape index (κ3) is 2.93. The first-order valence-corrected chi connectivity index (χ1v) is 4.96. The van der Waals surface area contributed by atoms with Crippen molar-refractivity contribution in [3.8, 4) is 5.75 Å². The van der Waals surface area contributed by atoms with E-state index < -0.39 is 17.0 Å². The van der Waals surface area contributed by atoms with Gasteiger partial charge in [-0.2, -0.15) is 0 Å². The first-order chi connectivity index (χ1) is 7.97. The maximum absolute atomic E-state index is 11.2. The summed E-state index contributed by atoms with van der Waals surface area (Å²) in [6.07, 6.45) is -0.888. The number of carbonyl (C=O) groups excluding carboxylic acids is 1. The molecule has 0 fully saturated rings. The molecule has 1 unspecified atom stereocenters. The number of benzene rings is 1. The highest BCUT2D eigenvalue weighted by Crippen LogP contribution is 2.30. The summed E-state index contributed by atoms with van der Waals surface area (Å²) in [7, 11) is 1.23. The number of para-hydroxylation sites is 1. The van der Waals surface area contributed by atoms with Crippen LogP contribution in [0.5, 0.6) is 5.75 Å². The minimum Gasteiger partial charge on any atom is -0.472 e. The van der Waals surface area contributed by atoms with Gasteiger partial charge < -0.3 is 9.47 Å². The first kappa shape index (κ1) is 13.0. The number of hydrogen-bond acceptors (Lipinski definition) is 5. The number of rotatable bonds is 4. The Morgan fingerprint density at radius 3 is 2.65 bits per heavy atom. The summed E-state index contributed by atoms with van der Waals surface area (Å²) in [4.78, 5) is 21.5. The highest BCUT2D eigenvalue weighted by atomic mass is 16.6. The zero-order chi connectivity index (χ0) is 13.0. The van der Waals surface area contributed by atoms with Gasteiger partial charge in [-0.15, -0.1) is 0 Å². The van der Waals surface area contributed by atoms with Crippen LogP contribution in [0.15, 0.2) is 18.2 Å². The van der Waals surface area contributed by atoms with E-state index in [9.17, 15) is 14.9 Å². The quantitative estimate of drug-likeness (QED) is 0.455. The van der Waals surface area contributed by atoms with Crippen molar-refractivity contribution < 1.29 is 19.2 Å². The van der Waals surface area contributed by atoms with Gasteiger partial charge in [0.05, 0.1) is 12.0 Å². The standard InChI is InChI=1S/C11H13NO5/c1-7-5-4-6-9(10(7)12(14)15)17-8(2)11(13)16-3/h4-6,8H,1-3H3. The highest BCUT2D eigenvalue weighted by Gasteiger charge is 2.23. The largest absolute Gasteiger partial charge is 0.472 e. The number of ether oxygens (including phenoxy) is 2. The first-order valence-electron chi connectivity index (χ1n) is 4.96. The third-order valence-electron chi connectivity index (χ3n) is 2.22. The summed E-state index contributed by atoms with van der Waals surface area (Å²) < 4.78 is 9.71. The van der Waals surface area contributed by atoms with Crippen molar-refractivity contribution in [2.45, 2.75) is 20.0 Å². The molecule has 0 N–H and O–H groups in total. The minimum atomic E-state index is -0.888. The molecule has 6 nitrogen and oxygen atoms in total. The lowest BCUT2D eigenvalue weighted by Crippen LogP contribution is -2.25. The molecule has 0 aliphatic carbocycles. The molecule has 0 saturated heterocycles. The Bertz CT molecular complexity index is 443. The van der Waals surface area contributed by atoms with E-state index in [1.807, 2.05) is 0 Å². The van der Waals surface area contributed by atoms with E-state index in [2.05, 4.69) is 4.74 Å². The van der Waals surface area contributed by atoms with Crippen LogP contribution in [0.2, 0.25) is 0 Å². The van der Waals surface area contributed by atoms with Gasteiger partial charge in [-0.25, -0.2) is 4.79 Å². The number of nitro benzene ring substituents is 1. The molecule has 0 aliphatic heterocycles. The lowest BCUT2D eigenvalue weighted by atomic mass is 10.2. The molecule has 0 spiro atoms. The monoisotopic (exact) mass is 239 g/mol. The van der Waals surface area contributed by atoms with Gasteiger partial charge in [0.2, 0.25) is 0 Å². The van der Waals surface area contributed by atoms with E-state index in [1.54, 1.807) is 19.1 Å². The summed E-state index contributed by atoms with van der Waals surface area (Å²) in [6.45, 7) is 3.08. The maximum atomic E-state index is 11.2. The van der Waals surface area contributed by atoms with Gasteiger partial charge in [0.25, 0.3) is 0 Å². The second-order valence-electron chi connectivity index (χ2n) is 3.46. The van der Waals surface area contributed by atoms with Crippen LogP contribution >= 0.6 is 0 Å². The number of nitrogens with zero attached hydrogens (tertiary/aromatic N) is 1. The van der Waals surface area contributed by atoms with Crippen molar-refractivity contribution in [2.75, 3.05) is 7.11 Å². The van der Waals surface area contributed by atoms with Gasteiger partial charge in [0.15, 0.2) is 11.9 Å². The molecular formula is C11H13NO5. The number of hydrogen-bond donors (Lipinski definition) is 0. The lowest BCUT2D eigenvalue weighted by molar-refractivity contribution is -0.386. The van der Waals surface area contributed by atoms with Crippen LogP contribution in [-0.4, -0.2) is 24.1 Å². The maximum Gasteiger partial charge on any atom is 0.346 e. The fraction of sp³-hybridized carbons (Fsp3) is 0.364. The molecule has 1 atom stereocenters. The average molecular weight is 239 g/mol. The van der Waals surface area contributed by atoms with Gasteiger partial charge in [-0.1, -0.05) is 12.1 Å². The summed E-state index contributed by atoms with van der Waals surface area (Å²) >= 11 is 0. The molecule has 17 heavy (non-hydrogen) atoms. The van der Waals surface area contributed by atoms with Crippen molar-refractivity contribution >= 4 is 11.7 Å². The summed E-state index contributed by atoms with van der Waals surface area (Å²) in [5.74, 6) is -0.520. The normalized spacial score (nSPS) is 11.7. The molecule has 1 aromatic rings. The van der Waals surface area contributed by atoms with Crippen LogP contribution in [0, 0.1) is 17.0 Å². The molecule has 0 radical (unpaired) electrons. The molecule has 0 saturated carbocycles. The van der Waals surface area contributed by atoms with Crippen LogP contribution < -0.4 is 4.74 Å². The molecule has 92 valence electrons. The minimum absolute atomic E-state index is 0.0629. The highest BCUT2D eigenvalue weighted by molar-refractivity contribution is 5.74. The van der Waals surface area contributed by atoms with Crippen molar-refractivity contribution in [1.82, 2.24) is 0 Å². The van der Waals surface area contributed by atoms with Crippen molar-refractivity contribution in [3.63, 3.8) is 0 Å². The number of aryl methyl sites for hydroxylation is 1. The summed E-state index contributed by atoms with van der Waals surface area (Å²) in [5.41, 5.74) is 0.341. The van der Waals surface area contributed by atoms with Crippen LogP contribution in [0.1, 0.15) is 12.5 Å². The Kier molecular flexibility index (Phi) is 4.03. The second-order valence-corrected chi connectivity index (χ2v) is 3.46. The Morgan fingerprint density at radius 1 is 1.47 bits per heavy atom. The van der Waals surface area contributed by atoms with E-state index in [4.69, 9.17) is 4.74 Å². The smallest absolute Gasteiger partial charge is 0.346 e. The molecule has 0 aromatic heterocycles. The Hall–Kier alpha value is -2.11. The summed E-state index contributed by atoms with van der Waals surface area (Å²) in [6, 6.07) is 4.68. The van der Waals surface area contributed by atoms with Gasteiger partial charge in [0.1, 0.15) is 0 Å². The molecule has 1 rings (SSSR count). The predicted octanol–water partition coefficient (Wildman–Crippen LogP) is 1.84. The van der Waals surface area contributed by atoms with Crippen LogP contribution in [0.3, 0.4) is 0 Å². The topological polar surface area (TPSA) is 78.7 Å². The van der Waals surface area contributed by atoms with Gasteiger partial charge >= 0.3 is 11.7 Å². The summed E-state index contributed by atoms with van der Waals surface area (Å²) in [5, 5.41) is 10.9. The van der Waals surface area contributed by atoms with E-state index in [1.165, 1.54) is 20.1 Å². The zero-order valence-electron chi connectivity index (χ0n) is 9.80. The van der Waals surface area contributed by atoms with Crippen LogP contribution in [-0.2, 0) is 9.53 Å². The number of methoxy groups -OCH3 is 1. The Morgan fingerprint density at radius 2 is 2.12 bits per heavy atom. The van der Waals surface area contributed by atoms with Gasteiger partial charge in [-0.05, 0) is 19.9 Å². The Balaban J connectivity index is 3.02. The number of esters is 1. The average Bonchev–Trinajstić information content (AvgIpc) is 2.27. The van der Waals surface area contributed by atoms with Gasteiger partial charge in [-0.3, -0.25) is 10.1 Å². The zero-order valence-corrected chi connectivity index (χ0v) is 9.80. The molecule has 0 amide bonds. The molecule has 0 bridgehead atoms. The third-order valence-corrected chi connectivity index (χ3v) is 2.22. The van der Waals surface area contributed by atoms with Crippen molar-refractivity contribution in [2.24, 2.45) is 0 Å². The molecule has 6 heteroatoms. The lowest BCUT2D eigenvalue weighted by Gasteiger charge is -2.12. The molecule has 0 heterocycles. The van der Waals surface area contributed by atoms with Crippen LogP contribution in [0.25, 0.3) is 0 Å². The number of carbonyl (C=O) groups is 1. The fourth-order valence-electron chi connectivity index (χ4n) is 1.37. The van der Waals surface area contributed by atoms with E-state index >= 15 is 0 Å². The van der Waals surface area contributed by atoms with Crippen LogP contribution in [0.4, 0.5) is 5.69 Å². The number of nitro groups is 1. The van der Waals surface area contributed by atoms with E-state index in [0.29, 0.717) is 5.56 Å². The molecular weight excluding hydrogens is 226 g/mol. The van der Waals surface area contributed by atoms with E-state index in [-0.39, 0.29) is 11.4 Å². The molecule has 0 aliphatic rings. The van der Waals surface area contributed by atoms with Crippen molar-refractivity contribution in [1.29, 1.82) is 0 Å². The Labute approximate surface area is 98.3 Å². The second kappa shape index (κ2) is 5.29. The fourth-order valence-corrected chi connectivity index (χ4v) is 1.37. The predicted molar refractivity (Wildman–Crippen MR) is 59.9 cm³/mol.